The third kappa shape index (κ3) is 6.70. The molecule has 136 valence electrons. The Morgan fingerprint density at radius 2 is 1.88 bits per heavy atom. The molecule has 0 radical (unpaired) electrons. The topological polar surface area (TPSA) is 63.7 Å². The Morgan fingerprint density at radius 3 is 2.42 bits per heavy atom. The molecule has 0 saturated carbocycles. The summed E-state index contributed by atoms with van der Waals surface area (Å²) in [6, 6.07) is 2.14. The Hall–Kier alpha value is -1.26. The number of guanidine groups is 1. The average molecular weight is 458 g/mol. The van der Waals surface area contributed by atoms with E-state index in [1.165, 1.54) is 18.9 Å². The minimum Gasteiger partial charge on any atom is -0.476 e. The maximum absolute atomic E-state index is 12.4. The van der Waals surface area contributed by atoms with Crippen LogP contribution in [0, 0.1) is 0 Å². The molecule has 0 atom stereocenters. The van der Waals surface area contributed by atoms with E-state index in [-0.39, 0.29) is 36.5 Å². The van der Waals surface area contributed by atoms with Crippen LogP contribution in [0.4, 0.5) is 13.2 Å². The summed E-state index contributed by atoms with van der Waals surface area (Å²) < 4.78 is 42.5. The molecule has 0 aromatic carbocycles. The summed E-state index contributed by atoms with van der Waals surface area (Å²) in [5.41, 5.74) is 5.15. The van der Waals surface area contributed by atoms with E-state index in [0.717, 1.165) is 38.2 Å². The van der Waals surface area contributed by atoms with Gasteiger partial charge in [0.05, 0.1) is 12.1 Å². The van der Waals surface area contributed by atoms with Crippen LogP contribution in [-0.4, -0.2) is 42.1 Å². The normalized spacial score (nSPS) is 16.3. The smallest absolute Gasteiger partial charge is 0.417 e. The number of ether oxygens (including phenoxy) is 1. The van der Waals surface area contributed by atoms with E-state index in [9.17, 15) is 13.2 Å². The molecule has 1 aliphatic heterocycles. The van der Waals surface area contributed by atoms with Crippen LogP contribution in [0.1, 0.15) is 31.2 Å². The van der Waals surface area contributed by atoms with Gasteiger partial charge in [-0.2, -0.15) is 13.2 Å². The van der Waals surface area contributed by atoms with Crippen molar-refractivity contribution in [3.8, 4) is 5.88 Å². The van der Waals surface area contributed by atoms with E-state index in [4.69, 9.17) is 10.5 Å². The zero-order chi connectivity index (χ0) is 16.7. The van der Waals surface area contributed by atoms with Gasteiger partial charge in [-0.05, 0) is 18.9 Å². The lowest BCUT2D eigenvalue weighted by molar-refractivity contribution is -0.137. The number of alkyl halides is 3. The first-order valence-corrected chi connectivity index (χ1v) is 7.68. The van der Waals surface area contributed by atoms with Gasteiger partial charge in [0.2, 0.25) is 5.88 Å². The van der Waals surface area contributed by atoms with E-state index >= 15 is 0 Å². The first-order chi connectivity index (χ1) is 11.0. The van der Waals surface area contributed by atoms with E-state index in [0.29, 0.717) is 12.5 Å². The largest absolute Gasteiger partial charge is 0.476 e. The second-order valence-corrected chi connectivity index (χ2v) is 5.37. The summed E-state index contributed by atoms with van der Waals surface area (Å²) in [7, 11) is 0. The van der Waals surface area contributed by atoms with E-state index in [2.05, 4.69) is 14.9 Å². The molecule has 5 nitrogen and oxygen atoms in total. The number of hydrogen-bond donors (Lipinski definition) is 1. The number of aromatic nitrogens is 1. The molecule has 2 rings (SSSR count). The van der Waals surface area contributed by atoms with E-state index in [1.54, 1.807) is 0 Å². The van der Waals surface area contributed by atoms with Gasteiger partial charge in [-0.15, -0.1) is 24.0 Å². The highest BCUT2D eigenvalue weighted by Crippen LogP contribution is 2.29. The molecule has 1 aromatic heterocycles. The summed E-state index contributed by atoms with van der Waals surface area (Å²) in [6.45, 7) is 2.38. The number of likely N-dealkylation sites (tertiary alicyclic amines) is 1. The molecule has 1 fully saturated rings. The standard InChI is InChI=1S/C15H21F3N4O.HI/c16-15(17,18)12-5-6-13(21-11-12)23-10-7-20-14(19)22-8-3-1-2-4-9-22;/h5-6,11H,1-4,7-10H2,(H2,19,20);1H. The number of nitrogens with two attached hydrogens (primary N) is 1. The van der Waals surface area contributed by atoms with Crippen molar-refractivity contribution in [3.63, 3.8) is 0 Å². The lowest BCUT2D eigenvalue weighted by Crippen LogP contribution is -2.38. The van der Waals surface area contributed by atoms with Crippen molar-refractivity contribution in [3.05, 3.63) is 23.9 Å². The molecule has 1 aliphatic rings. The number of pyridine rings is 1. The minimum atomic E-state index is -4.39. The molecule has 0 unspecified atom stereocenters. The fourth-order valence-corrected chi connectivity index (χ4v) is 2.34. The van der Waals surface area contributed by atoms with Crippen molar-refractivity contribution in [2.75, 3.05) is 26.2 Å². The van der Waals surface area contributed by atoms with Gasteiger partial charge < -0.3 is 15.4 Å². The van der Waals surface area contributed by atoms with Crippen LogP contribution in [0.25, 0.3) is 0 Å². The predicted molar refractivity (Wildman–Crippen MR) is 96.7 cm³/mol. The van der Waals surface area contributed by atoms with Crippen LogP contribution < -0.4 is 10.5 Å². The van der Waals surface area contributed by atoms with Gasteiger partial charge in [-0.3, -0.25) is 0 Å². The summed E-state index contributed by atoms with van der Waals surface area (Å²) in [6.07, 6.45) is 1.02. The Bertz CT molecular complexity index is 514. The second kappa shape index (κ2) is 9.90. The molecule has 2 N–H and O–H groups in total. The quantitative estimate of drug-likeness (QED) is 0.326. The second-order valence-electron chi connectivity index (χ2n) is 5.37. The molecule has 0 bridgehead atoms. The number of halogens is 4. The van der Waals surface area contributed by atoms with Crippen molar-refractivity contribution < 1.29 is 17.9 Å². The Balaban J connectivity index is 0.00000288. The van der Waals surface area contributed by atoms with Crippen LogP contribution in [0.2, 0.25) is 0 Å². The van der Waals surface area contributed by atoms with Crippen molar-refractivity contribution in [2.24, 2.45) is 10.7 Å². The fraction of sp³-hybridized carbons (Fsp3) is 0.600. The lowest BCUT2D eigenvalue weighted by Gasteiger charge is -2.21. The molecular formula is C15H22F3IN4O. The number of nitrogens with zero attached hydrogens (tertiary/aromatic N) is 3. The third-order valence-electron chi connectivity index (χ3n) is 3.61. The number of aliphatic imine (C=N–C) groups is 1. The highest BCUT2D eigenvalue weighted by molar-refractivity contribution is 14.0. The monoisotopic (exact) mass is 458 g/mol. The highest BCUT2D eigenvalue weighted by atomic mass is 127. The molecule has 1 saturated heterocycles. The molecule has 1 aromatic rings. The van der Waals surface area contributed by atoms with Crippen molar-refractivity contribution >= 4 is 29.9 Å². The average Bonchev–Trinajstić information content (AvgIpc) is 2.80. The van der Waals surface area contributed by atoms with Crippen LogP contribution in [0.5, 0.6) is 5.88 Å². The predicted octanol–water partition coefficient (Wildman–Crippen LogP) is 3.29. The molecular weight excluding hydrogens is 436 g/mol. The summed E-state index contributed by atoms with van der Waals surface area (Å²) in [4.78, 5) is 9.94. The lowest BCUT2D eigenvalue weighted by atomic mass is 10.2. The zero-order valence-corrected chi connectivity index (χ0v) is 15.6. The first-order valence-electron chi connectivity index (χ1n) is 7.68. The van der Waals surface area contributed by atoms with Gasteiger partial charge in [0.1, 0.15) is 6.61 Å². The zero-order valence-electron chi connectivity index (χ0n) is 13.3. The van der Waals surface area contributed by atoms with Crippen LogP contribution >= 0.6 is 24.0 Å². The Kier molecular flexibility index (Phi) is 8.57. The molecule has 0 amide bonds. The van der Waals surface area contributed by atoms with E-state index < -0.39 is 11.7 Å². The maximum atomic E-state index is 12.4. The third-order valence-corrected chi connectivity index (χ3v) is 3.61. The summed E-state index contributed by atoms with van der Waals surface area (Å²) >= 11 is 0. The maximum Gasteiger partial charge on any atom is 0.417 e. The Morgan fingerprint density at radius 1 is 1.21 bits per heavy atom. The van der Waals surface area contributed by atoms with Gasteiger partial charge in [-0.25, -0.2) is 9.98 Å². The Labute approximate surface area is 156 Å². The van der Waals surface area contributed by atoms with Crippen molar-refractivity contribution in [1.29, 1.82) is 0 Å². The SMILES string of the molecule is I.NC(=NCCOc1ccc(C(F)(F)F)cn1)N1CCCCCC1. The van der Waals surface area contributed by atoms with Gasteiger partial charge in [0.15, 0.2) is 5.96 Å². The molecule has 0 spiro atoms. The molecule has 0 aliphatic carbocycles. The van der Waals surface area contributed by atoms with Crippen molar-refractivity contribution in [2.45, 2.75) is 31.9 Å². The molecule has 2 heterocycles. The van der Waals surface area contributed by atoms with E-state index in [1.807, 2.05) is 0 Å². The van der Waals surface area contributed by atoms with Crippen LogP contribution in [-0.2, 0) is 6.18 Å². The van der Waals surface area contributed by atoms with Gasteiger partial charge in [0.25, 0.3) is 0 Å². The van der Waals surface area contributed by atoms with Gasteiger partial charge in [-0.1, -0.05) is 12.8 Å². The van der Waals surface area contributed by atoms with Gasteiger partial charge in [0, 0.05) is 25.4 Å². The fourth-order valence-electron chi connectivity index (χ4n) is 2.34. The number of hydrogen-bond acceptors (Lipinski definition) is 3. The highest BCUT2D eigenvalue weighted by Gasteiger charge is 2.30. The van der Waals surface area contributed by atoms with Crippen LogP contribution in [0.3, 0.4) is 0 Å². The molecule has 9 heteroatoms. The first kappa shape index (κ1) is 20.8. The van der Waals surface area contributed by atoms with Gasteiger partial charge >= 0.3 is 6.18 Å². The summed E-state index contributed by atoms with van der Waals surface area (Å²) in [5, 5.41) is 0. The summed E-state index contributed by atoms with van der Waals surface area (Å²) in [5.74, 6) is 0.637. The van der Waals surface area contributed by atoms with Crippen molar-refractivity contribution in [1.82, 2.24) is 9.88 Å². The number of rotatable bonds is 4. The van der Waals surface area contributed by atoms with Crippen LogP contribution in [0.15, 0.2) is 23.3 Å². The minimum absolute atomic E-state index is 0. The molecule has 24 heavy (non-hydrogen) atoms.